The molecule has 3 heterocycles. The van der Waals surface area contributed by atoms with Gasteiger partial charge in [0.15, 0.2) is 0 Å². The van der Waals surface area contributed by atoms with Crippen molar-refractivity contribution < 1.29 is 13.6 Å². The van der Waals surface area contributed by atoms with Crippen LogP contribution in [-0.4, -0.2) is 21.9 Å². The van der Waals surface area contributed by atoms with Crippen molar-refractivity contribution in [2.75, 3.05) is 0 Å². The fourth-order valence-electron chi connectivity index (χ4n) is 3.09. The van der Waals surface area contributed by atoms with Crippen LogP contribution in [-0.2, 0) is 10.5 Å². The Hall–Kier alpha value is -2.44. The number of halogens is 1. The minimum absolute atomic E-state index is 0.0538. The highest BCUT2D eigenvalue weighted by molar-refractivity contribution is 7.99. The fourth-order valence-corrected chi connectivity index (χ4v) is 4.05. The third kappa shape index (κ3) is 4.03. The topological polar surface area (TPSA) is 59.0 Å². The molecular weight excluding hydrogens is 396 g/mol. The largest absolute Gasteiger partial charge is 0.468 e. The number of benzene rings is 1. The van der Waals surface area contributed by atoms with Gasteiger partial charge in [-0.15, -0.1) is 11.8 Å². The van der Waals surface area contributed by atoms with Crippen LogP contribution in [0.2, 0.25) is 5.02 Å². The van der Waals surface area contributed by atoms with E-state index in [4.69, 9.17) is 20.4 Å². The summed E-state index contributed by atoms with van der Waals surface area (Å²) in [4.78, 5) is 13.1. The molecule has 1 aliphatic heterocycles. The Kier molecular flexibility index (Phi) is 5.59. The van der Waals surface area contributed by atoms with Crippen molar-refractivity contribution in [1.82, 2.24) is 5.01 Å². The van der Waals surface area contributed by atoms with E-state index in [1.54, 1.807) is 17.5 Å². The number of nitrogens with zero attached hydrogens (tertiary/aromatic N) is 2. The summed E-state index contributed by atoms with van der Waals surface area (Å²) in [6.07, 6.45) is 3.85. The summed E-state index contributed by atoms with van der Waals surface area (Å²) in [6, 6.07) is 14.7. The molecule has 0 aliphatic carbocycles. The number of carbonyl (C=O) groups excluding carboxylic acids is 1. The Morgan fingerprint density at radius 3 is 2.64 bits per heavy atom. The molecule has 4 rings (SSSR count). The van der Waals surface area contributed by atoms with Gasteiger partial charge in [0.05, 0.1) is 29.2 Å². The van der Waals surface area contributed by atoms with Gasteiger partial charge < -0.3 is 8.83 Å². The van der Waals surface area contributed by atoms with Crippen LogP contribution in [0.15, 0.2) is 75.0 Å². The fraction of sp³-hybridized carbons (Fsp3) is 0.238. The molecule has 1 aromatic carbocycles. The number of hydrogen-bond donors (Lipinski definition) is 0. The van der Waals surface area contributed by atoms with Crippen LogP contribution in [0.5, 0.6) is 0 Å². The molecule has 1 aliphatic rings. The number of thioether (sulfide) groups is 1. The molecule has 7 heteroatoms. The van der Waals surface area contributed by atoms with E-state index in [9.17, 15) is 4.79 Å². The number of rotatable bonds is 6. The number of amides is 1. The lowest BCUT2D eigenvalue weighted by Crippen LogP contribution is -2.33. The molecule has 1 amide bonds. The molecule has 3 aromatic rings. The number of hydrogen-bond acceptors (Lipinski definition) is 5. The van der Waals surface area contributed by atoms with Gasteiger partial charge in [-0.1, -0.05) is 23.7 Å². The van der Waals surface area contributed by atoms with E-state index in [0.29, 0.717) is 17.2 Å². The van der Waals surface area contributed by atoms with Gasteiger partial charge in [0, 0.05) is 11.4 Å². The standard InChI is InChI=1S/C21H19ClN2O3S/c1-14(28-13-17-4-2-10-26-17)21(25)24-19(20-5-3-11-27-20)12-18(23-24)15-6-8-16(22)9-7-15/h2-11,14,19H,12-13H2,1H3/t14-,19+/m0/s1. The molecule has 0 bridgehead atoms. The van der Waals surface area contributed by atoms with E-state index in [0.717, 1.165) is 22.8 Å². The van der Waals surface area contributed by atoms with E-state index in [-0.39, 0.29) is 17.2 Å². The van der Waals surface area contributed by atoms with Gasteiger partial charge in [-0.3, -0.25) is 4.79 Å². The molecule has 0 spiro atoms. The molecular formula is C21H19ClN2O3S. The maximum atomic E-state index is 13.1. The van der Waals surface area contributed by atoms with Crippen molar-refractivity contribution >= 4 is 35.0 Å². The lowest BCUT2D eigenvalue weighted by Gasteiger charge is -2.22. The first kappa shape index (κ1) is 18.9. The maximum absolute atomic E-state index is 13.1. The minimum atomic E-state index is -0.268. The van der Waals surface area contributed by atoms with Crippen LogP contribution in [0.25, 0.3) is 0 Å². The van der Waals surface area contributed by atoms with E-state index in [1.807, 2.05) is 55.5 Å². The second-order valence-corrected chi connectivity index (χ2v) is 8.27. The Labute approximate surface area is 172 Å². The Morgan fingerprint density at radius 1 is 1.21 bits per heavy atom. The van der Waals surface area contributed by atoms with Crippen molar-refractivity contribution in [3.63, 3.8) is 0 Å². The molecule has 5 nitrogen and oxygen atoms in total. The van der Waals surface area contributed by atoms with Crippen molar-refractivity contribution in [1.29, 1.82) is 0 Å². The van der Waals surface area contributed by atoms with Gasteiger partial charge in [0.2, 0.25) is 0 Å². The predicted molar refractivity (Wildman–Crippen MR) is 110 cm³/mol. The average molecular weight is 415 g/mol. The van der Waals surface area contributed by atoms with Crippen molar-refractivity contribution in [2.24, 2.45) is 5.10 Å². The number of furan rings is 2. The minimum Gasteiger partial charge on any atom is -0.468 e. The second kappa shape index (κ2) is 8.29. The predicted octanol–water partition coefficient (Wildman–Crippen LogP) is 5.53. The first-order valence-corrected chi connectivity index (χ1v) is 10.4. The van der Waals surface area contributed by atoms with Gasteiger partial charge in [0.25, 0.3) is 5.91 Å². The zero-order chi connectivity index (χ0) is 19.5. The van der Waals surface area contributed by atoms with Crippen LogP contribution in [0, 0.1) is 0 Å². The summed E-state index contributed by atoms with van der Waals surface area (Å²) in [5.74, 6) is 2.15. The lowest BCUT2D eigenvalue weighted by molar-refractivity contribution is -0.132. The van der Waals surface area contributed by atoms with Gasteiger partial charge >= 0.3 is 0 Å². The molecule has 2 aromatic heterocycles. The molecule has 28 heavy (non-hydrogen) atoms. The number of hydrazone groups is 1. The normalized spacial score (nSPS) is 17.6. The molecule has 0 saturated carbocycles. The highest BCUT2D eigenvalue weighted by Gasteiger charge is 2.36. The van der Waals surface area contributed by atoms with E-state index in [2.05, 4.69) is 5.10 Å². The summed E-state index contributed by atoms with van der Waals surface area (Å²) in [5.41, 5.74) is 1.79. The van der Waals surface area contributed by atoms with Crippen LogP contribution in [0.1, 0.15) is 36.5 Å². The summed E-state index contributed by atoms with van der Waals surface area (Å²) in [5, 5.41) is 6.61. The van der Waals surface area contributed by atoms with Gasteiger partial charge in [0.1, 0.15) is 17.6 Å². The van der Waals surface area contributed by atoms with E-state index in [1.165, 1.54) is 11.8 Å². The summed E-state index contributed by atoms with van der Waals surface area (Å²) < 4.78 is 10.9. The zero-order valence-corrected chi connectivity index (χ0v) is 16.8. The molecule has 0 fully saturated rings. The monoisotopic (exact) mass is 414 g/mol. The molecule has 2 atom stereocenters. The molecule has 0 unspecified atom stereocenters. The molecule has 144 valence electrons. The van der Waals surface area contributed by atoms with Crippen molar-refractivity contribution in [2.45, 2.75) is 30.4 Å². The second-order valence-electron chi connectivity index (χ2n) is 6.50. The Bertz CT molecular complexity index is 952. The van der Waals surface area contributed by atoms with Gasteiger partial charge in [-0.05, 0) is 48.9 Å². The maximum Gasteiger partial charge on any atom is 0.256 e. The third-order valence-corrected chi connectivity index (χ3v) is 5.99. The summed E-state index contributed by atoms with van der Waals surface area (Å²) >= 11 is 7.52. The van der Waals surface area contributed by atoms with Crippen molar-refractivity contribution in [3.05, 3.63) is 83.2 Å². The van der Waals surface area contributed by atoms with Crippen LogP contribution < -0.4 is 0 Å². The number of carbonyl (C=O) groups is 1. The Balaban J connectivity index is 1.55. The quantitative estimate of drug-likeness (QED) is 0.532. The third-order valence-electron chi connectivity index (χ3n) is 4.59. The van der Waals surface area contributed by atoms with Gasteiger partial charge in [-0.25, -0.2) is 5.01 Å². The van der Waals surface area contributed by atoms with Crippen molar-refractivity contribution in [3.8, 4) is 0 Å². The van der Waals surface area contributed by atoms with E-state index < -0.39 is 0 Å². The van der Waals surface area contributed by atoms with Gasteiger partial charge in [-0.2, -0.15) is 5.10 Å². The summed E-state index contributed by atoms with van der Waals surface area (Å²) in [6.45, 7) is 1.89. The van der Waals surface area contributed by atoms with Crippen LogP contribution in [0.4, 0.5) is 0 Å². The SMILES string of the molecule is C[C@H](SCc1ccco1)C(=O)N1N=C(c2ccc(Cl)cc2)C[C@@H]1c1ccco1. The Morgan fingerprint density at radius 2 is 1.96 bits per heavy atom. The summed E-state index contributed by atoms with van der Waals surface area (Å²) in [7, 11) is 0. The highest BCUT2D eigenvalue weighted by atomic mass is 35.5. The lowest BCUT2D eigenvalue weighted by atomic mass is 10.0. The van der Waals surface area contributed by atoms with E-state index >= 15 is 0 Å². The highest BCUT2D eigenvalue weighted by Crippen LogP contribution is 2.35. The molecule has 0 N–H and O–H groups in total. The smallest absolute Gasteiger partial charge is 0.256 e. The molecule has 0 saturated heterocycles. The van der Waals surface area contributed by atoms with Crippen LogP contribution >= 0.6 is 23.4 Å². The van der Waals surface area contributed by atoms with Crippen LogP contribution in [0.3, 0.4) is 0 Å². The molecule has 0 radical (unpaired) electrons. The first-order chi connectivity index (χ1) is 13.6. The zero-order valence-electron chi connectivity index (χ0n) is 15.2. The average Bonchev–Trinajstić information content (AvgIpc) is 3.47. The first-order valence-electron chi connectivity index (χ1n) is 8.95.